The van der Waals surface area contributed by atoms with E-state index in [1.54, 1.807) is 0 Å². The van der Waals surface area contributed by atoms with Gasteiger partial charge in [-0.2, -0.15) is 0 Å². The van der Waals surface area contributed by atoms with Crippen LogP contribution in [0.15, 0.2) is 84.9 Å². The molecule has 0 spiro atoms. The number of carbonyl (C=O) groups is 1. The molecule has 5 rings (SSSR count). The number of imidazole rings is 1. The molecule has 4 aromatic rings. The maximum absolute atomic E-state index is 12.6. The molecule has 1 fully saturated rings. The molecule has 2 amide bonds. The summed E-state index contributed by atoms with van der Waals surface area (Å²) in [4.78, 5) is 21.8. The molecule has 0 atom stereocenters. The third-order valence-corrected chi connectivity index (χ3v) is 5.97. The zero-order chi connectivity index (χ0) is 21.8. The van der Waals surface area contributed by atoms with E-state index < -0.39 is 0 Å². The number of benzene rings is 3. The van der Waals surface area contributed by atoms with Gasteiger partial charge in [-0.25, -0.2) is 9.78 Å². The fourth-order valence-electron chi connectivity index (χ4n) is 4.22. The molecular formula is C26H27N5O. The molecule has 3 aromatic carbocycles. The number of nitrogens with zero attached hydrogens (tertiary/aromatic N) is 4. The molecule has 6 nitrogen and oxygen atoms in total. The Labute approximate surface area is 188 Å². The van der Waals surface area contributed by atoms with Crippen molar-refractivity contribution in [2.45, 2.75) is 13.1 Å². The number of nitrogens with one attached hydrogen (secondary N) is 1. The molecule has 1 aliphatic rings. The molecule has 0 radical (unpaired) electrons. The van der Waals surface area contributed by atoms with Gasteiger partial charge in [0.15, 0.2) is 0 Å². The number of hydrogen-bond acceptors (Lipinski definition) is 3. The maximum atomic E-state index is 12.6. The number of piperazine rings is 1. The van der Waals surface area contributed by atoms with Gasteiger partial charge in [-0.1, -0.05) is 60.7 Å². The first-order chi connectivity index (χ1) is 15.8. The number of urea groups is 1. The lowest BCUT2D eigenvalue weighted by Crippen LogP contribution is -2.49. The van der Waals surface area contributed by atoms with Gasteiger partial charge >= 0.3 is 6.03 Å². The molecule has 32 heavy (non-hydrogen) atoms. The highest BCUT2D eigenvalue weighted by Crippen LogP contribution is 2.20. The van der Waals surface area contributed by atoms with E-state index in [0.29, 0.717) is 13.1 Å². The summed E-state index contributed by atoms with van der Waals surface area (Å²) in [6, 6.07) is 28.4. The van der Waals surface area contributed by atoms with Crippen molar-refractivity contribution in [1.82, 2.24) is 19.4 Å². The fourth-order valence-corrected chi connectivity index (χ4v) is 4.22. The predicted octanol–water partition coefficient (Wildman–Crippen LogP) is 4.43. The monoisotopic (exact) mass is 425 g/mol. The van der Waals surface area contributed by atoms with E-state index in [1.165, 1.54) is 5.56 Å². The molecule has 6 heteroatoms. The Morgan fingerprint density at radius 2 is 1.44 bits per heavy atom. The Kier molecular flexibility index (Phi) is 5.85. The van der Waals surface area contributed by atoms with Crippen molar-refractivity contribution in [2.24, 2.45) is 0 Å². The number of carbonyl (C=O) groups excluding carboxylic acids is 1. The summed E-state index contributed by atoms with van der Waals surface area (Å²) >= 11 is 0. The van der Waals surface area contributed by atoms with Gasteiger partial charge in [0.25, 0.3) is 0 Å². The van der Waals surface area contributed by atoms with E-state index >= 15 is 0 Å². The van der Waals surface area contributed by atoms with Crippen molar-refractivity contribution in [3.63, 3.8) is 0 Å². The van der Waals surface area contributed by atoms with Crippen molar-refractivity contribution in [3.05, 3.63) is 96.3 Å². The standard InChI is InChI=1S/C26H27N5O/c32-26(27-22-11-5-2-6-12-22)30-17-15-29(16-18-30)20-25-28-23-13-7-8-14-24(23)31(25)19-21-9-3-1-4-10-21/h1-14H,15-20H2,(H,27,32). The average Bonchev–Trinajstić information content (AvgIpc) is 3.17. The summed E-state index contributed by atoms with van der Waals surface area (Å²) in [5.41, 5.74) is 4.28. The Morgan fingerprint density at radius 3 is 2.19 bits per heavy atom. The zero-order valence-corrected chi connectivity index (χ0v) is 18.0. The van der Waals surface area contributed by atoms with Crippen LogP contribution in [0.25, 0.3) is 11.0 Å². The largest absolute Gasteiger partial charge is 0.322 e. The average molecular weight is 426 g/mol. The van der Waals surface area contributed by atoms with Crippen LogP contribution in [0.2, 0.25) is 0 Å². The van der Waals surface area contributed by atoms with Crippen molar-refractivity contribution in [3.8, 4) is 0 Å². The van der Waals surface area contributed by atoms with Crippen molar-refractivity contribution in [2.75, 3.05) is 31.5 Å². The Hall–Kier alpha value is -3.64. The van der Waals surface area contributed by atoms with E-state index in [9.17, 15) is 4.79 Å². The molecule has 0 saturated carbocycles. The normalized spacial score (nSPS) is 14.6. The molecule has 1 aliphatic heterocycles. The van der Waals surface area contributed by atoms with E-state index in [4.69, 9.17) is 4.98 Å². The third kappa shape index (κ3) is 4.50. The van der Waals surface area contributed by atoms with Crippen LogP contribution in [0.5, 0.6) is 0 Å². The first-order valence-corrected chi connectivity index (χ1v) is 11.1. The molecule has 2 heterocycles. The van der Waals surface area contributed by atoms with Crippen LogP contribution in [0, 0.1) is 0 Å². The van der Waals surface area contributed by atoms with Crippen LogP contribution in [0.4, 0.5) is 10.5 Å². The second-order valence-electron chi connectivity index (χ2n) is 8.15. The van der Waals surface area contributed by atoms with Gasteiger partial charge < -0.3 is 14.8 Å². The highest BCUT2D eigenvalue weighted by molar-refractivity contribution is 5.89. The van der Waals surface area contributed by atoms with Gasteiger partial charge in [0.1, 0.15) is 5.82 Å². The zero-order valence-electron chi connectivity index (χ0n) is 18.0. The van der Waals surface area contributed by atoms with Crippen molar-refractivity contribution < 1.29 is 4.79 Å². The first-order valence-electron chi connectivity index (χ1n) is 11.1. The molecule has 162 valence electrons. The SMILES string of the molecule is O=C(Nc1ccccc1)N1CCN(Cc2nc3ccccc3n2Cc2ccccc2)CC1. The van der Waals surface area contributed by atoms with Gasteiger partial charge in [0.2, 0.25) is 0 Å². The summed E-state index contributed by atoms with van der Waals surface area (Å²) in [6.07, 6.45) is 0. The Bertz CT molecular complexity index is 1180. The number of amides is 2. The molecule has 0 aliphatic carbocycles. The third-order valence-electron chi connectivity index (χ3n) is 5.97. The summed E-state index contributed by atoms with van der Waals surface area (Å²) in [5, 5.41) is 2.98. The van der Waals surface area contributed by atoms with E-state index in [0.717, 1.165) is 48.7 Å². The summed E-state index contributed by atoms with van der Waals surface area (Å²) in [7, 11) is 0. The van der Waals surface area contributed by atoms with Crippen LogP contribution in [0.3, 0.4) is 0 Å². The van der Waals surface area contributed by atoms with Crippen molar-refractivity contribution in [1.29, 1.82) is 0 Å². The minimum Gasteiger partial charge on any atom is -0.322 e. The number of fused-ring (bicyclic) bond motifs is 1. The minimum absolute atomic E-state index is 0.0350. The molecule has 1 N–H and O–H groups in total. The molecule has 1 saturated heterocycles. The lowest BCUT2D eigenvalue weighted by molar-refractivity contribution is 0.140. The van der Waals surface area contributed by atoms with Gasteiger partial charge in [0, 0.05) is 38.4 Å². The van der Waals surface area contributed by atoms with Crippen LogP contribution >= 0.6 is 0 Å². The predicted molar refractivity (Wildman–Crippen MR) is 128 cm³/mol. The summed E-state index contributed by atoms with van der Waals surface area (Å²) < 4.78 is 2.32. The number of hydrogen-bond donors (Lipinski definition) is 1. The topological polar surface area (TPSA) is 53.4 Å². The molecule has 0 unspecified atom stereocenters. The summed E-state index contributed by atoms with van der Waals surface area (Å²) in [5.74, 6) is 1.07. The lowest BCUT2D eigenvalue weighted by Gasteiger charge is -2.34. The highest BCUT2D eigenvalue weighted by Gasteiger charge is 2.23. The molecule has 1 aromatic heterocycles. The van der Waals surface area contributed by atoms with Crippen LogP contribution in [-0.2, 0) is 13.1 Å². The Balaban J connectivity index is 1.26. The highest BCUT2D eigenvalue weighted by atomic mass is 16.2. The van der Waals surface area contributed by atoms with Gasteiger partial charge in [-0.05, 0) is 29.8 Å². The van der Waals surface area contributed by atoms with E-state index in [1.807, 2.05) is 47.4 Å². The van der Waals surface area contributed by atoms with Crippen LogP contribution in [-0.4, -0.2) is 51.6 Å². The summed E-state index contributed by atoms with van der Waals surface area (Å²) in [6.45, 7) is 4.65. The molecular weight excluding hydrogens is 398 g/mol. The van der Waals surface area contributed by atoms with Crippen LogP contribution in [0.1, 0.15) is 11.4 Å². The second kappa shape index (κ2) is 9.24. The van der Waals surface area contributed by atoms with Gasteiger partial charge in [-0.15, -0.1) is 0 Å². The second-order valence-corrected chi connectivity index (χ2v) is 8.15. The number of rotatable bonds is 5. The minimum atomic E-state index is -0.0350. The van der Waals surface area contributed by atoms with E-state index in [2.05, 4.69) is 57.2 Å². The number of anilines is 1. The smallest absolute Gasteiger partial charge is 0.321 e. The van der Waals surface area contributed by atoms with Gasteiger partial charge in [-0.3, -0.25) is 4.90 Å². The Morgan fingerprint density at radius 1 is 0.781 bits per heavy atom. The fraction of sp³-hybridized carbons (Fsp3) is 0.231. The lowest BCUT2D eigenvalue weighted by atomic mass is 10.2. The first kappa shape index (κ1) is 20.3. The maximum Gasteiger partial charge on any atom is 0.321 e. The quantitative estimate of drug-likeness (QED) is 0.515. The number of aromatic nitrogens is 2. The van der Waals surface area contributed by atoms with Crippen molar-refractivity contribution >= 4 is 22.8 Å². The van der Waals surface area contributed by atoms with Crippen LogP contribution < -0.4 is 5.32 Å². The molecule has 0 bridgehead atoms. The number of para-hydroxylation sites is 3. The van der Waals surface area contributed by atoms with Gasteiger partial charge in [0.05, 0.1) is 17.6 Å². The van der Waals surface area contributed by atoms with E-state index in [-0.39, 0.29) is 6.03 Å².